The number of hydrogen-bond acceptors (Lipinski definition) is 8. The van der Waals surface area contributed by atoms with Crippen molar-refractivity contribution in [3.63, 3.8) is 0 Å². The third-order valence-electron chi connectivity index (χ3n) is 4.69. The molecule has 15 heteroatoms. The van der Waals surface area contributed by atoms with E-state index in [0.717, 1.165) is 13.1 Å². The number of carbonyl (C=O) groups excluding carboxylic acids is 1. The van der Waals surface area contributed by atoms with Crippen molar-refractivity contribution in [2.75, 3.05) is 26.9 Å². The van der Waals surface area contributed by atoms with Crippen LogP contribution in [0.2, 0.25) is 5.02 Å². The highest BCUT2D eigenvalue weighted by molar-refractivity contribution is 6.32. The van der Waals surface area contributed by atoms with Crippen molar-refractivity contribution in [2.45, 2.75) is 6.18 Å². The Hall–Kier alpha value is -3.91. The average molecular weight is 548 g/mol. The van der Waals surface area contributed by atoms with E-state index in [0.29, 0.717) is 6.07 Å². The molecule has 0 unspecified atom stereocenters. The molecule has 0 saturated carbocycles. The van der Waals surface area contributed by atoms with Crippen LogP contribution in [0.15, 0.2) is 46.1 Å². The zero-order chi connectivity index (χ0) is 27.3. The highest BCUT2D eigenvalue weighted by atomic mass is 35.5. The Morgan fingerprint density at radius 3 is 2.54 bits per heavy atom. The summed E-state index contributed by atoms with van der Waals surface area (Å²) in [5.74, 6) is -2.49. The molecule has 0 amide bonds. The van der Waals surface area contributed by atoms with Gasteiger partial charge >= 0.3 is 17.8 Å². The van der Waals surface area contributed by atoms with Crippen LogP contribution >= 0.6 is 11.6 Å². The van der Waals surface area contributed by atoms with E-state index in [4.69, 9.17) is 30.5 Å². The molecule has 2 aromatic heterocycles. The summed E-state index contributed by atoms with van der Waals surface area (Å²) >= 11 is 6.05. The molecule has 10 nitrogen and oxygen atoms in total. The first-order valence-electron chi connectivity index (χ1n) is 10.2. The van der Waals surface area contributed by atoms with Gasteiger partial charge in [-0.05, 0) is 18.2 Å². The zero-order valence-electron chi connectivity index (χ0n) is 19.2. The first-order chi connectivity index (χ1) is 17.4. The van der Waals surface area contributed by atoms with Crippen LogP contribution in [0.25, 0.3) is 5.69 Å². The van der Waals surface area contributed by atoms with E-state index in [9.17, 15) is 31.9 Å². The first-order valence-corrected chi connectivity index (χ1v) is 10.6. The third-order valence-corrected chi connectivity index (χ3v) is 4.98. The van der Waals surface area contributed by atoms with Crippen LogP contribution in [0.5, 0.6) is 17.4 Å². The van der Waals surface area contributed by atoms with Gasteiger partial charge in [0.15, 0.2) is 12.4 Å². The minimum Gasteiger partial charge on any atom is -0.463 e. The van der Waals surface area contributed by atoms with E-state index in [2.05, 4.69) is 4.98 Å². The number of methoxy groups -OCH3 is 1. The topological polar surface area (TPSA) is 111 Å². The summed E-state index contributed by atoms with van der Waals surface area (Å²) in [6, 6.07) is 4.52. The molecule has 0 fully saturated rings. The van der Waals surface area contributed by atoms with Crippen LogP contribution in [0.3, 0.4) is 0 Å². The second kappa shape index (κ2) is 11.4. The number of alkyl halides is 3. The first kappa shape index (κ1) is 27.7. The Morgan fingerprint density at radius 1 is 1.14 bits per heavy atom. The Balaban J connectivity index is 1.96. The van der Waals surface area contributed by atoms with Gasteiger partial charge in [0.2, 0.25) is 0 Å². The quantitative estimate of drug-likeness (QED) is 0.228. The second-order valence-corrected chi connectivity index (χ2v) is 7.59. The normalized spacial score (nSPS) is 11.3. The smallest absolute Gasteiger partial charge is 0.431 e. The van der Waals surface area contributed by atoms with E-state index in [1.54, 1.807) is 0 Å². The molecular weight excluding hydrogens is 530 g/mol. The molecule has 0 aliphatic heterocycles. The van der Waals surface area contributed by atoms with Gasteiger partial charge in [-0.3, -0.25) is 9.36 Å². The number of pyridine rings is 1. The van der Waals surface area contributed by atoms with Crippen molar-refractivity contribution >= 4 is 17.6 Å². The number of rotatable bonds is 9. The number of ether oxygens (including phenoxy) is 4. The summed E-state index contributed by atoms with van der Waals surface area (Å²) in [4.78, 5) is 40.7. The minimum atomic E-state index is -4.99. The van der Waals surface area contributed by atoms with Crippen molar-refractivity contribution in [1.29, 1.82) is 0 Å². The van der Waals surface area contributed by atoms with Gasteiger partial charge in [0.05, 0.1) is 17.3 Å². The monoisotopic (exact) mass is 547 g/mol. The fourth-order valence-corrected chi connectivity index (χ4v) is 3.16. The molecule has 3 aromatic rings. The van der Waals surface area contributed by atoms with Gasteiger partial charge in [0, 0.05) is 32.5 Å². The largest absolute Gasteiger partial charge is 0.463 e. The maximum atomic E-state index is 14.7. The third kappa shape index (κ3) is 6.46. The van der Waals surface area contributed by atoms with Gasteiger partial charge in [-0.25, -0.2) is 23.5 Å². The number of carbonyl (C=O) groups is 1. The fraction of sp³-hybridized carbons (Fsp3) is 0.273. The molecule has 0 bridgehead atoms. The van der Waals surface area contributed by atoms with Crippen molar-refractivity contribution in [3.05, 3.63) is 73.9 Å². The molecule has 0 atom stereocenters. The van der Waals surface area contributed by atoms with Crippen LogP contribution in [0.4, 0.5) is 17.6 Å². The highest BCUT2D eigenvalue weighted by Gasteiger charge is 2.35. The van der Waals surface area contributed by atoms with Crippen molar-refractivity contribution in [2.24, 2.45) is 7.05 Å². The molecular formula is C22H18ClF4N3O7. The lowest BCUT2D eigenvalue weighted by Crippen LogP contribution is -2.41. The Labute approximate surface area is 210 Å². The van der Waals surface area contributed by atoms with Crippen LogP contribution < -0.4 is 20.7 Å². The van der Waals surface area contributed by atoms with Crippen molar-refractivity contribution in [3.8, 4) is 23.1 Å². The zero-order valence-corrected chi connectivity index (χ0v) is 19.9. The Morgan fingerprint density at radius 2 is 1.86 bits per heavy atom. The molecule has 37 heavy (non-hydrogen) atoms. The summed E-state index contributed by atoms with van der Waals surface area (Å²) in [6.45, 7) is -0.363. The number of hydrogen-bond donors (Lipinski definition) is 0. The molecule has 0 saturated heterocycles. The Bertz CT molecular complexity index is 1420. The number of benzene rings is 1. The highest BCUT2D eigenvalue weighted by Crippen LogP contribution is 2.36. The van der Waals surface area contributed by atoms with Crippen LogP contribution in [0, 0.1) is 5.82 Å². The predicted octanol–water partition coefficient (Wildman–Crippen LogP) is 3.10. The lowest BCUT2D eigenvalue weighted by molar-refractivity contribution is -0.147. The van der Waals surface area contributed by atoms with E-state index in [1.807, 2.05) is 0 Å². The lowest BCUT2D eigenvalue weighted by Gasteiger charge is -2.16. The molecule has 1 aromatic carbocycles. The van der Waals surface area contributed by atoms with E-state index in [-0.39, 0.29) is 50.8 Å². The van der Waals surface area contributed by atoms with Crippen molar-refractivity contribution < 1.29 is 41.3 Å². The maximum Gasteiger partial charge on any atom is 0.431 e. The molecule has 198 valence electrons. The van der Waals surface area contributed by atoms with Gasteiger partial charge < -0.3 is 18.9 Å². The number of aromatic nitrogens is 3. The van der Waals surface area contributed by atoms with Gasteiger partial charge in [0.1, 0.15) is 23.9 Å². The maximum absolute atomic E-state index is 14.7. The Kier molecular flexibility index (Phi) is 8.55. The standard InChI is InChI=1S/C22H18ClF4N3O7/c1-29-17(22(25,26)27)10-18(31)30(21(29)33)14-9-16(12(23)8-13(14)24)37-15-4-3-5-28-20(15)36-11-19(32)35-7-6-34-2/h3-5,8-10H,6-7,11H2,1-2H3. The van der Waals surface area contributed by atoms with Crippen LogP contribution in [0.1, 0.15) is 5.69 Å². The summed E-state index contributed by atoms with van der Waals surface area (Å²) in [5.41, 5.74) is -5.11. The van der Waals surface area contributed by atoms with E-state index >= 15 is 0 Å². The molecule has 0 N–H and O–H groups in total. The van der Waals surface area contributed by atoms with Gasteiger partial charge in [-0.1, -0.05) is 11.6 Å². The average Bonchev–Trinajstić information content (AvgIpc) is 2.83. The molecule has 0 aliphatic carbocycles. The van der Waals surface area contributed by atoms with Crippen LogP contribution in [-0.2, 0) is 27.5 Å². The molecule has 0 spiro atoms. The van der Waals surface area contributed by atoms with Crippen molar-refractivity contribution in [1.82, 2.24) is 14.1 Å². The molecule has 3 rings (SSSR count). The summed E-state index contributed by atoms with van der Waals surface area (Å²) in [7, 11) is 2.21. The number of nitrogens with zero attached hydrogens (tertiary/aromatic N) is 3. The van der Waals surface area contributed by atoms with E-state index < -0.39 is 47.2 Å². The molecule has 0 radical (unpaired) electrons. The number of esters is 1. The second-order valence-electron chi connectivity index (χ2n) is 7.19. The summed E-state index contributed by atoms with van der Waals surface area (Å²) < 4.78 is 75.0. The molecule has 2 heterocycles. The van der Waals surface area contributed by atoms with Crippen LogP contribution in [-0.4, -0.2) is 47.0 Å². The van der Waals surface area contributed by atoms with E-state index in [1.165, 1.54) is 25.4 Å². The summed E-state index contributed by atoms with van der Waals surface area (Å²) in [6.07, 6.45) is -3.67. The minimum absolute atomic E-state index is 0.00101. The lowest BCUT2D eigenvalue weighted by atomic mass is 10.2. The SMILES string of the molecule is COCCOC(=O)COc1ncccc1Oc1cc(-n2c(=O)cc(C(F)(F)F)n(C)c2=O)c(F)cc1Cl. The summed E-state index contributed by atoms with van der Waals surface area (Å²) in [5, 5.41) is -0.313. The fourth-order valence-electron chi connectivity index (χ4n) is 2.98. The van der Waals surface area contributed by atoms with Gasteiger partial charge in [-0.2, -0.15) is 13.2 Å². The molecule has 0 aliphatic rings. The van der Waals surface area contributed by atoms with Gasteiger partial charge in [-0.15, -0.1) is 0 Å². The van der Waals surface area contributed by atoms with Gasteiger partial charge in [0.25, 0.3) is 11.4 Å². The number of halogens is 5. The predicted molar refractivity (Wildman–Crippen MR) is 120 cm³/mol.